The zero-order valence-electron chi connectivity index (χ0n) is 57.0. The number of aliphatic hydroxyl groups excluding tert-OH is 1. The number of nitrogens with two attached hydrogens (primary N) is 2. The fourth-order valence-corrected chi connectivity index (χ4v) is 14.5. The van der Waals surface area contributed by atoms with E-state index in [0.717, 1.165) is 23.1 Å². The molecule has 15 N–H and O–H groups in total. The van der Waals surface area contributed by atoms with E-state index in [4.69, 9.17) is 11.5 Å². The predicted molar refractivity (Wildman–Crippen MR) is 375 cm³/mol. The van der Waals surface area contributed by atoms with Gasteiger partial charge in [0.25, 0.3) is 0 Å². The van der Waals surface area contributed by atoms with E-state index in [-0.39, 0.29) is 121 Å². The molecule has 0 radical (unpaired) electrons. The van der Waals surface area contributed by atoms with Crippen molar-refractivity contribution in [2.24, 2.45) is 17.4 Å². The molecule has 2 unspecified atom stereocenters. The number of urea groups is 1. The van der Waals surface area contributed by atoms with E-state index in [2.05, 4.69) is 31.9 Å². The van der Waals surface area contributed by atoms with Gasteiger partial charge in [0.05, 0.1) is 25.1 Å². The number of hydrogen-bond donors (Lipinski definition) is 13. The van der Waals surface area contributed by atoms with Crippen LogP contribution >= 0.6 is 35.3 Å². The van der Waals surface area contributed by atoms with Crippen molar-refractivity contribution in [3.8, 4) is 0 Å². The van der Waals surface area contributed by atoms with Gasteiger partial charge >= 0.3 is 29.9 Å². The Balaban J connectivity index is 1.33. The molecule has 3 saturated heterocycles. The van der Waals surface area contributed by atoms with E-state index in [1.165, 1.54) is 58.9 Å². The molecule has 2 aromatic rings. The lowest BCUT2D eigenvalue weighted by molar-refractivity contribution is -0.146. The van der Waals surface area contributed by atoms with Crippen LogP contribution < -0.4 is 43.4 Å². The minimum atomic E-state index is -1.49. The molecule has 3 fully saturated rings. The first-order chi connectivity index (χ1) is 47.6. The fourth-order valence-electron chi connectivity index (χ4n) is 11.7. The summed E-state index contributed by atoms with van der Waals surface area (Å²) in [6.45, 7) is 6.57. The van der Waals surface area contributed by atoms with Crippen molar-refractivity contribution in [3.05, 3.63) is 70.8 Å². The third-order valence-corrected chi connectivity index (χ3v) is 20.6. The van der Waals surface area contributed by atoms with Gasteiger partial charge in [0.2, 0.25) is 47.3 Å². The van der Waals surface area contributed by atoms with Crippen LogP contribution in [-0.2, 0) is 81.2 Å². The summed E-state index contributed by atoms with van der Waals surface area (Å²) >= 11 is 4.01. The summed E-state index contributed by atoms with van der Waals surface area (Å²) in [5, 5.41) is 66.1. The fraction of sp³-hybridized carbons (Fsp3) is 0.621. The Bertz CT molecular complexity index is 3090. The second-order valence-electron chi connectivity index (χ2n) is 25.2. The number of carboxylic acid groups (broad SMARTS) is 4. The number of likely N-dealkylation sites (tertiary alicyclic amines) is 2. The van der Waals surface area contributed by atoms with Gasteiger partial charge in [-0.15, -0.1) is 0 Å². The van der Waals surface area contributed by atoms with E-state index < -0.39 is 126 Å². The highest BCUT2D eigenvalue weighted by Crippen LogP contribution is 2.28. The summed E-state index contributed by atoms with van der Waals surface area (Å²) in [5.74, 6) is -9.49. The van der Waals surface area contributed by atoms with Gasteiger partial charge in [-0.2, -0.15) is 35.3 Å². The molecule has 0 spiro atoms. The Hall–Kier alpha value is -7.76. The van der Waals surface area contributed by atoms with E-state index in [1.807, 2.05) is 25.1 Å². The van der Waals surface area contributed by atoms with Gasteiger partial charge in [-0.3, -0.25) is 67.4 Å². The highest BCUT2D eigenvalue weighted by atomic mass is 32.2. The summed E-state index contributed by atoms with van der Waals surface area (Å²) in [5.41, 5.74) is 14.0. The monoisotopic (exact) mass is 1460 g/mol. The van der Waals surface area contributed by atoms with Crippen molar-refractivity contribution in [3.63, 3.8) is 0 Å². The number of thioether (sulfide) groups is 3. The number of aliphatic carboxylic acids is 4. The molecular formula is C66H99N13O18S3. The largest absolute Gasteiger partial charge is 0.480 e. The number of carboxylic acids is 4. The summed E-state index contributed by atoms with van der Waals surface area (Å²) in [6, 6.07) is 5.69. The number of carbonyl (C=O) groups is 13. The van der Waals surface area contributed by atoms with Crippen LogP contribution in [0.5, 0.6) is 0 Å². The summed E-state index contributed by atoms with van der Waals surface area (Å²) in [6.07, 6.45) is 1.39. The zero-order chi connectivity index (χ0) is 73.4. The molecule has 0 saturated carbocycles. The maximum Gasteiger partial charge on any atom is 0.327 e. The summed E-state index contributed by atoms with van der Waals surface area (Å²) in [4.78, 5) is 177. The van der Waals surface area contributed by atoms with E-state index in [1.54, 1.807) is 45.0 Å². The van der Waals surface area contributed by atoms with Crippen LogP contribution in [0.15, 0.2) is 48.5 Å². The number of nitrogens with zero attached hydrogens (tertiary/aromatic N) is 5. The summed E-state index contributed by atoms with van der Waals surface area (Å²) in [7, 11) is 0. The number of nitrogens with one attached hydrogen (secondary N) is 6. The molecule has 0 aliphatic carbocycles. The Morgan fingerprint density at radius 3 is 1.66 bits per heavy atom. The molecule has 3 heterocycles. The number of carbonyl (C=O) groups excluding carboxylic acids is 9. The Morgan fingerprint density at radius 1 is 0.570 bits per heavy atom. The molecule has 100 heavy (non-hydrogen) atoms. The Labute approximate surface area is 594 Å². The van der Waals surface area contributed by atoms with Gasteiger partial charge in [0, 0.05) is 119 Å². The molecule has 9 atom stereocenters. The van der Waals surface area contributed by atoms with Crippen LogP contribution in [0.1, 0.15) is 107 Å². The van der Waals surface area contributed by atoms with Crippen molar-refractivity contribution >= 4 is 112 Å². The van der Waals surface area contributed by atoms with Crippen molar-refractivity contribution in [2.75, 3.05) is 95.8 Å². The number of amides is 10. The predicted octanol–water partition coefficient (Wildman–Crippen LogP) is -0.176. The quantitative estimate of drug-likeness (QED) is 0.0384. The van der Waals surface area contributed by atoms with Crippen LogP contribution in [0.4, 0.5) is 4.79 Å². The highest BCUT2D eigenvalue weighted by molar-refractivity contribution is 7.99. The molecule has 5 rings (SSSR count). The number of primary amides is 2. The van der Waals surface area contributed by atoms with Crippen molar-refractivity contribution in [2.45, 2.75) is 157 Å². The lowest BCUT2D eigenvalue weighted by Crippen LogP contribution is -2.57. The standard InChI is InChI=1S/C66H99N13O18S3/c1-4-5-19-70-66(97)74-49(62(91)79-22-10-14-52(79)63(92)78-21-9-13-51(78)58(68)87)39-99-37-45-30-44(36-98-29-20-69-55(82)18-16-53(65(95)96)77-27-25-75(34-56(83)84)23-24-76(26-28-77)35-57(85)86)31-46(32-45)38-100-40-50(64(93)94)73-61(90)48(33-43-11-7-6-8-12-43)72-60(89)47(15-17-54(67)81)71-59(88)41(2)42(3)80/h6-8,11-12,30-32,41-42,47-53,80H,4-5,9-10,13-29,33-40H2,1-3H3,(H2,67,81)(H2,68,87)(H,69,82)(H,71,88)(H,72,89)(H,73,90)(H,83,84)(H,85,86)(H,93,94)(H,95,96)(H2,70,74,97)/t41-,42+,47-,48-,49-,50?,51-,52-,53?/m0/s1. The number of hydrogen-bond acceptors (Lipinski definition) is 20. The molecule has 0 aromatic heterocycles. The summed E-state index contributed by atoms with van der Waals surface area (Å²) < 4.78 is 0. The molecular weight excluding hydrogens is 1360 g/mol. The lowest BCUT2D eigenvalue weighted by atomic mass is 10.0. The zero-order valence-corrected chi connectivity index (χ0v) is 59.4. The maximum absolute atomic E-state index is 14.6. The smallest absolute Gasteiger partial charge is 0.327 e. The minimum Gasteiger partial charge on any atom is -0.480 e. The molecule has 3 aliphatic heterocycles. The first-order valence-electron chi connectivity index (χ1n) is 33.7. The molecule has 2 aromatic carbocycles. The third kappa shape index (κ3) is 28.7. The van der Waals surface area contributed by atoms with Crippen molar-refractivity contribution in [1.82, 2.24) is 56.4 Å². The molecule has 10 amide bonds. The molecule has 554 valence electrons. The first kappa shape index (κ1) is 82.9. The van der Waals surface area contributed by atoms with Crippen LogP contribution in [-0.4, -0.2) is 271 Å². The highest BCUT2D eigenvalue weighted by Gasteiger charge is 2.43. The normalized spacial score (nSPS) is 18.2. The number of benzene rings is 2. The topological polar surface area (TPSA) is 463 Å². The van der Waals surface area contributed by atoms with Gasteiger partial charge in [-0.1, -0.05) is 68.8 Å². The van der Waals surface area contributed by atoms with Crippen LogP contribution in [0.3, 0.4) is 0 Å². The SMILES string of the molecule is CCCCNC(=O)N[C@@H](CSCc1cc(CSCCNC(=O)CCC(C(=O)O)N2CCN(CC(=O)O)CCN(CC(=O)O)CC2)cc(CSCC(NC(=O)[C@H](Cc2ccccc2)NC(=O)[C@H](CCC(N)=O)NC(=O)[C@@H](C)[C@@H](C)O)C(=O)O)c1)C(=O)N1CCC[C@H]1C(=O)N1CCC[C@H]1C(N)=O. The van der Waals surface area contributed by atoms with Crippen molar-refractivity contribution < 1.29 is 87.9 Å². The molecule has 3 aliphatic rings. The second-order valence-corrected chi connectivity index (χ2v) is 28.4. The van der Waals surface area contributed by atoms with E-state index >= 15 is 0 Å². The minimum absolute atomic E-state index is 0.0758. The second kappa shape index (κ2) is 43.1. The number of aliphatic hydroxyl groups is 1. The molecule has 0 bridgehead atoms. The number of unbranched alkanes of at least 4 members (excludes halogenated alkanes) is 1. The molecule has 31 nitrogen and oxygen atoms in total. The van der Waals surface area contributed by atoms with Crippen LogP contribution in [0, 0.1) is 5.92 Å². The maximum atomic E-state index is 14.6. The van der Waals surface area contributed by atoms with Crippen molar-refractivity contribution in [1.29, 1.82) is 0 Å². The van der Waals surface area contributed by atoms with Gasteiger partial charge in [0.15, 0.2) is 0 Å². The van der Waals surface area contributed by atoms with E-state index in [0.29, 0.717) is 68.0 Å². The van der Waals surface area contributed by atoms with E-state index in [9.17, 15) is 87.9 Å². The van der Waals surface area contributed by atoms with Gasteiger partial charge < -0.3 is 78.7 Å². The van der Waals surface area contributed by atoms with Gasteiger partial charge in [0.1, 0.15) is 42.3 Å². The molecule has 34 heteroatoms. The number of rotatable bonds is 42. The average molecular weight is 1460 g/mol. The Kier molecular flexibility index (Phi) is 35.8. The first-order valence-corrected chi connectivity index (χ1v) is 37.2. The average Bonchev–Trinajstić information content (AvgIpc) is 1.64. The third-order valence-electron chi connectivity index (χ3n) is 17.4. The van der Waals surface area contributed by atoms with Gasteiger partial charge in [-0.25, -0.2) is 9.59 Å². The Morgan fingerprint density at radius 2 is 1.11 bits per heavy atom. The lowest BCUT2D eigenvalue weighted by Gasteiger charge is -2.32. The van der Waals surface area contributed by atoms with Crippen LogP contribution in [0.2, 0.25) is 0 Å². The van der Waals surface area contributed by atoms with Gasteiger partial charge in [-0.05, 0) is 74.1 Å². The van der Waals surface area contributed by atoms with Crippen LogP contribution in [0.25, 0.3) is 0 Å².